The second-order valence-electron chi connectivity index (χ2n) is 11.6. The maximum atomic E-state index is 13.7. The van der Waals surface area contributed by atoms with Crippen LogP contribution in [0.5, 0.6) is 11.5 Å². The number of hydrogen-bond donors (Lipinski definition) is 1. The number of pyridine rings is 1. The lowest BCUT2D eigenvalue weighted by Gasteiger charge is -2.34. The second-order valence-corrected chi connectivity index (χ2v) is 13.7. The molecule has 2 fully saturated rings. The molecule has 2 aliphatic heterocycles. The molecule has 0 saturated carbocycles. The summed E-state index contributed by atoms with van der Waals surface area (Å²) in [6.45, 7) is 4.55. The van der Waals surface area contributed by atoms with Gasteiger partial charge in [-0.2, -0.15) is 13.7 Å². The number of carbonyl (C=O) groups excluding carboxylic acids is 2. The Labute approximate surface area is 286 Å². The van der Waals surface area contributed by atoms with Crippen molar-refractivity contribution in [1.29, 1.82) is 5.26 Å². The van der Waals surface area contributed by atoms with E-state index >= 15 is 0 Å². The van der Waals surface area contributed by atoms with Gasteiger partial charge in [-0.05, 0) is 55.0 Å². The van der Waals surface area contributed by atoms with Crippen LogP contribution in [0.3, 0.4) is 0 Å². The van der Waals surface area contributed by atoms with Gasteiger partial charge >= 0.3 is 10.5 Å². The number of thioether (sulfide) groups is 1. The molecule has 2 saturated heterocycles. The van der Waals surface area contributed by atoms with Crippen molar-refractivity contribution in [3.8, 4) is 17.6 Å². The van der Waals surface area contributed by atoms with E-state index in [2.05, 4.69) is 24.3 Å². The zero-order valence-corrected chi connectivity index (χ0v) is 28.0. The van der Waals surface area contributed by atoms with Gasteiger partial charge < -0.3 is 24.0 Å². The van der Waals surface area contributed by atoms with Gasteiger partial charge in [0, 0.05) is 67.9 Å². The predicted octanol–water partition coefficient (Wildman–Crippen LogP) is 3.50. The summed E-state index contributed by atoms with van der Waals surface area (Å²) in [5.74, 6) is -3.14. The zero-order chi connectivity index (χ0) is 35.0. The first-order valence-corrected chi connectivity index (χ1v) is 17.9. The number of nitriles is 1. The number of halogens is 3. The first kappa shape index (κ1) is 36.2. The largest absolute Gasteiger partial charge is 0.494 e. The van der Waals surface area contributed by atoms with Crippen molar-refractivity contribution in [2.45, 2.75) is 29.7 Å². The minimum Gasteiger partial charge on any atom is -0.494 e. The number of fused-ring (bicyclic) bond motifs is 1. The molecule has 2 aliphatic rings. The van der Waals surface area contributed by atoms with Crippen molar-refractivity contribution < 1.29 is 39.6 Å². The summed E-state index contributed by atoms with van der Waals surface area (Å²) < 4.78 is 71.5. The van der Waals surface area contributed by atoms with Gasteiger partial charge in [0.05, 0.1) is 36.8 Å². The van der Waals surface area contributed by atoms with Crippen LogP contribution in [0.4, 0.5) is 12.7 Å². The molecule has 2 aromatic carbocycles. The first-order valence-electron chi connectivity index (χ1n) is 15.6. The molecule has 3 heterocycles. The number of aromatic nitrogens is 1. The molecule has 0 aliphatic carbocycles. The molecule has 0 radical (unpaired) electrons. The van der Waals surface area contributed by atoms with E-state index in [0.717, 1.165) is 61.2 Å². The van der Waals surface area contributed by atoms with Crippen LogP contribution >= 0.6 is 11.8 Å². The smallest absolute Gasteiger partial charge is 0.488 e. The normalized spacial score (nSPS) is 18.2. The Morgan fingerprint density at radius 3 is 2.43 bits per heavy atom. The van der Waals surface area contributed by atoms with Gasteiger partial charge in [0.1, 0.15) is 17.5 Å². The van der Waals surface area contributed by atoms with Crippen LogP contribution in [0.25, 0.3) is 10.9 Å². The Kier molecular flexibility index (Phi) is 11.9. The number of hydrogen-bond acceptors (Lipinski definition) is 11. The summed E-state index contributed by atoms with van der Waals surface area (Å²) in [5.41, 5.74) is 0.798. The molecule has 3 aromatic rings. The molecule has 1 aromatic heterocycles. The van der Waals surface area contributed by atoms with Gasteiger partial charge in [0.25, 0.3) is 11.8 Å². The number of alkyl halides is 2. The lowest BCUT2D eigenvalue weighted by molar-refractivity contribution is -0.131. The molecule has 5 rings (SSSR count). The van der Waals surface area contributed by atoms with E-state index < -0.39 is 53.8 Å². The lowest BCUT2D eigenvalue weighted by Crippen LogP contribution is -2.47. The highest BCUT2D eigenvalue weighted by atomic mass is 32.3. The van der Waals surface area contributed by atoms with Crippen LogP contribution in [-0.2, 0) is 15.3 Å². The fourth-order valence-electron chi connectivity index (χ4n) is 5.67. The minimum atomic E-state index is -5.04. The fraction of sp³-hybridized carbons (Fsp3) is 0.438. The Bertz CT molecular complexity index is 1790. The third kappa shape index (κ3) is 10.4. The summed E-state index contributed by atoms with van der Waals surface area (Å²) in [4.78, 5) is 36.3. The van der Waals surface area contributed by atoms with Gasteiger partial charge in [-0.25, -0.2) is 8.78 Å². The topological polar surface area (TPSA) is 145 Å². The molecule has 0 spiro atoms. The van der Waals surface area contributed by atoms with E-state index in [-0.39, 0.29) is 11.3 Å². The molecule has 262 valence electrons. The van der Waals surface area contributed by atoms with Crippen LogP contribution < -0.4 is 14.2 Å². The van der Waals surface area contributed by atoms with Gasteiger partial charge in [-0.15, -0.1) is 11.8 Å². The number of nitrogens with zero attached hydrogens (tertiary/aromatic N) is 5. The van der Waals surface area contributed by atoms with Crippen LogP contribution in [0.2, 0.25) is 0 Å². The van der Waals surface area contributed by atoms with Gasteiger partial charge in [-0.3, -0.25) is 19.5 Å². The summed E-state index contributed by atoms with van der Waals surface area (Å²) in [5, 5.41) is 12.1. The summed E-state index contributed by atoms with van der Waals surface area (Å²) >= 11 is 1.62. The SMILES string of the molecule is N#CC1CC(F)(F)CN1C(=O)CNC(=O)c1ccnc2ccc(OCCCN3CCN(CCSc4ccc(OS(=O)(=O)F)cc4)CC3)cc12. The number of nitrogens with one attached hydrogen (secondary N) is 1. The molecule has 12 nitrogen and oxygen atoms in total. The molecule has 1 N–H and O–H groups in total. The first-order chi connectivity index (χ1) is 23.4. The number of benzene rings is 2. The highest BCUT2D eigenvalue weighted by Gasteiger charge is 2.47. The maximum absolute atomic E-state index is 13.7. The number of amides is 2. The molecule has 0 bridgehead atoms. The number of rotatable bonds is 14. The summed E-state index contributed by atoms with van der Waals surface area (Å²) in [6, 6.07) is 13.4. The third-order valence-electron chi connectivity index (χ3n) is 8.15. The Hall–Kier alpha value is -4.11. The molecular weight excluding hydrogens is 686 g/mol. The standard InChI is InChI=1S/C32H35F3N6O6S2/c33-32(34)19-23(20-36)41(22-32)30(42)21-38-31(43)27-8-9-37-29-7-4-25(18-28(27)29)46-16-1-10-39-11-13-40(14-12-39)15-17-48-26-5-2-24(3-6-26)47-49(35,44)45/h2-9,18,23H,1,10-17,19,21-22H2,(H,38,43). The van der Waals surface area contributed by atoms with Crippen LogP contribution in [-0.4, -0.2) is 117 Å². The van der Waals surface area contributed by atoms with E-state index in [1.54, 1.807) is 48.2 Å². The molecule has 1 atom stereocenters. The second kappa shape index (κ2) is 16.1. The molecule has 17 heteroatoms. The summed E-state index contributed by atoms with van der Waals surface area (Å²) in [7, 11) is -5.04. The van der Waals surface area contributed by atoms with Crippen molar-refractivity contribution in [3.05, 3.63) is 60.3 Å². The monoisotopic (exact) mass is 720 g/mol. The number of ether oxygens (including phenoxy) is 1. The lowest BCUT2D eigenvalue weighted by atomic mass is 10.1. The van der Waals surface area contributed by atoms with E-state index in [4.69, 9.17) is 10.00 Å². The Morgan fingerprint density at radius 1 is 1.04 bits per heavy atom. The minimum absolute atomic E-state index is 0.0705. The molecule has 49 heavy (non-hydrogen) atoms. The van der Waals surface area contributed by atoms with Gasteiger partial charge in [-0.1, -0.05) is 3.89 Å². The predicted molar refractivity (Wildman–Crippen MR) is 176 cm³/mol. The average molecular weight is 721 g/mol. The Morgan fingerprint density at radius 2 is 1.73 bits per heavy atom. The zero-order valence-electron chi connectivity index (χ0n) is 26.4. The quantitative estimate of drug-likeness (QED) is 0.148. The van der Waals surface area contributed by atoms with Crippen molar-refractivity contribution in [1.82, 2.24) is 25.0 Å². The van der Waals surface area contributed by atoms with Gasteiger partial charge in [0.15, 0.2) is 0 Å². The van der Waals surface area contributed by atoms with E-state index in [1.807, 2.05) is 0 Å². The fourth-order valence-corrected chi connectivity index (χ4v) is 6.93. The maximum Gasteiger partial charge on any atom is 0.488 e. The Balaban J connectivity index is 1.02. The van der Waals surface area contributed by atoms with Crippen molar-refractivity contribution in [3.63, 3.8) is 0 Å². The molecule has 1 unspecified atom stereocenters. The number of carbonyl (C=O) groups is 2. The highest BCUT2D eigenvalue weighted by Crippen LogP contribution is 2.31. The highest BCUT2D eigenvalue weighted by molar-refractivity contribution is 7.99. The third-order valence-corrected chi connectivity index (χ3v) is 9.53. The molecule has 2 amide bonds. The number of likely N-dealkylation sites (tertiary alicyclic amines) is 1. The van der Waals surface area contributed by atoms with Crippen LogP contribution in [0, 0.1) is 11.3 Å². The van der Waals surface area contributed by atoms with E-state index in [0.29, 0.717) is 23.3 Å². The van der Waals surface area contributed by atoms with Gasteiger partial charge in [0.2, 0.25) is 5.91 Å². The number of piperazine rings is 1. The van der Waals surface area contributed by atoms with Crippen LogP contribution in [0.1, 0.15) is 23.2 Å². The average Bonchev–Trinajstić information content (AvgIpc) is 3.40. The van der Waals surface area contributed by atoms with Crippen molar-refractivity contribution in [2.75, 3.05) is 64.7 Å². The van der Waals surface area contributed by atoms with Crippen molar-refractivity contribution >= 4 is 45.0 Å². The van der Waals surface area contributed by atoms with Crippen LogP contribution in [0.15, 0.2) is 59.6 Å². The van der Waals surface area contributed by atoms with E-state index in [1.165, 1.54) is 24.4 Å². The van der Waals surface area contributed by atoms with E-state index in [9.17, 15) is 30.7 Å². The summed E-state index contributed by atoms with van der Waals surface area (Å²) in [6.07, 6.45) is 1.53. The molecular formula is C32H35F3N6O6S2. The van der Waals surface area contributed by atoms with Crippen molar-refractivity contribution in [2.24, 2.45) is 0 Å².